The third-order valence-electron chi connectivity index (χ3n) is 5.65. The maximum atomic E-state index is 12.7. The summed E-state index contributed by atoms with van der Waals surface area (Å²) in [5.74, 6) is 0.914. The van der Waals surface area contributed by atoms with Gasteiger partial charge in [0.1, 0.15) is 17.3 Å². The van der Waals surface area contributed by atoms with Crippen LogP contribution in [0.1, 0.15) is 24.8 Å². The van der Waals surface area contributed by atoms with Crippen molar-refractivity contribution < 1.29 is 19.0 Å². The summed E-state index contributed by atoms with van der Waals surface area (Å²) < 4.78 is 17.0. The van der Waals surface area contributed by atoms with Gasteiger partial charge in [0, 0.05) is 43.6 Å². The predicted molar refractivity (Wildman–Crippen MR) is 134 cm³/mol. The third-order valence-corrected chi connectivity index (χ3v) is 6.25. The Labute approximate surface area is 209 Å². The molecule has 0 spiro atoms. The van der Waals surface area contributed by atoms with Gasteiger partial charge in [-0.15, -0.1) is 0 Å². The largest absolute Gasteiger partial charge is 0.493 e. The first-order valence-electron chi connectivity index (χ1n) is 11.1. The molecule has 1 fully saturated rings. The Morgan fingerprint density at radius 2 is 2.26 bits per heavy atom. The molecule has 1 aromatic heterocycles. The number of amides is 1. The van der Waals surface area contributed by atoms with E-state index in [-0.39, 0.29) is 17.0 Å². The number of pyridine rings is 1. The van der Waals surface area contributed by atoms with Crippen LogP contribution in [0, 0.1) is 0 Å². The minimum Gasteiger partial charge on any atom is -0.493 e. The summed E-state index contributed by atoms with van der Waals surface area (Å²) in [5, 5.41) is 9.80. The molecule has 0 unspecified atom stereocenters. The number of carbonyl (C=O) groups is 1. The molecule has 1 amide bonds. The van der Waals surface area contributed by atoms with Crippen molar-refractivity contribution in [3.8, 4) is 11.5 Å². The average Bonchev–Trinajstić information content (AvgIpc) is 3.36. The lowest BCUT2D eigenvalue weighted by atomic mass is 10.1. The van der Waals surface area contributed by atoms with E-state index >= 15 is 0 Å². The number of benzene rings is 1. The molecule has 1 aromatic carbocycles. The topological polar surface area (TPSA) is 93.7 Å². The van der Waals surface area contributed by atoms with Crippen LogP contribution in [0.3, 0.4) is 0 Å². The van der Waals surface area contributed by atoms with Crippen molar-refractivity contribution in [3.63, 3.8) is 0 Å². The maximum Gasteiger partial charge on any atom is 0.256 e. The van der Waals surface area contributed by atoms with E-state index in [1.165, 1.54) is 7.11 Å². The zero-order valence-corrected chi connectivity index (χ0v) is 20.4. The number of halogens is 1. The highest BCUT2D eigenvalue weighted by molar-refractivity contribution is 7.81. The summed E-state index contributed by atoms with van der Waals surface area (Å²) in [5.41, 5.74) is 2.66. The quantitative estimate of drug-likeness (QED) is 0.448. The smallest absolute Gasteiger partial charge is 0.256 e. The van der Waals surface area contributed by atoms with Crippen molar-refractivity contribution in [1.82, 2.24) is 15.6 Å². The van der Waals surface area contributed by atoms with Crippen molar-refractivity contribution >= 4 is 40.4 Å². The minimum absolute atomic E-state index is 0.115. The fourth-order valence-corrected chi connectivity index (χ4v) is 4.49. The first-order chi connectivity index (χ1) is 16.6. The fraction of sp³-hybridized carbons (Fsp3) is 0.375. The van der Waals surface area contributed by atoms with Crippen molar-refractivity contribution in [1.29, 1.82) is 0 Å². The highest BCUT2D eigenvalue weighted by atomic mass is 35.5. The number of methoxy groups -OCH3 is 1. The van der Waals surface area contributed by atoms with Crippen molar-refractivity contribution in [2.45, 2.75) is 31.9 Å². The molecule has 0 saturated carbocycles. The van der Waals surface area contributed by atoms with E-state index in [0.29, 0.717) is 53.9 Å². The number of anilines is 1. The standard InChI is InChI=1S/C24H27ClN4O4S/c1-31-22-17(25)5-2-6-19(22)29-24(34)21-18(8-10-27-23(21)30)28-12-15-7-9-26-13-20(15)33-14-16-4-3-11-32-16/h2,5-7,9,13,16,28H,3-4,8,10-12,14H2,1H3,(H,27,30)(H,29,34)/t16-/m1/s1. The molecule has 1 saturated heterocycles. The van der Waals surface area contributed by atoms with Crippen LogP contribution in [0.15, 0.2) is 47.9 Å². The molecule has 0 bridgehead atoms. The molecular formula is C24H27ClN4O4S. The van der Waals surface area contributed by atoms with Gasteiger partial charge in [-0.05, 0) is 31.0 Å². The van der Waals surface area contributed by atoms with Crippen LogP contribution in [-0.2, 0) is 16.1 Å². The molecule has 3 heterocycles. The van der Waals surface area contributed by atoms with Crippen LogP contribution in [0.4, 0.5) is 5.69 Å². The van der Waals surface area contributed by atoms with Gasteiger partial charge >= 0.3 is 0 Å². The molecule has 2 aliphatic heterocycles. The molecular weight excluding hydrogens is 476 g/mol. The number of hydrogen-bond acceptors (Lipinski definition) is 7. The average molecular weight is 503 g/mol. The fourth-order valence-electron chi connectivity index (χ4n) is 3.91. The van der Waals surface area contributed by atoms with Gasteiger partial charge in [-0.2, -0.15) is 0 Å². The van der Waals surface area contributed by atoms with E-state index in [4.69, 9.17) is 38.0 Å². The van der Waals surface area contributed by atoms with Gasteiger partial charge in [0.05, 0.1) is 35.7 Å². The van der Waals surface area contributed by atoms with E-state index < -0.39 is 0 Å². The second kappa shape index (κ2) is 11.5. The number of aromatic nitrogens is 1. The Bertz CT molecular complexity index is 1090. The molecule has 180 valence electrons. The second-order valence-electron chi connectivity index (χ2n) is 7.92. The zero-order chi connectivity index (χ0) is 23.9. The summed E-state index contributed by atoms with van der Waals surface area (Å²) in [4.78, 5) is 17.2. The first-order valence-corrected chi connectivity index (χ1v) is 11.9. The Balaban J connectivity index is 1.49. The molecule has 4 rings (SSSR count). The number of rotatable bonds is 9. The number of hydrogen-bond donors (Lipinski definition) is 3. The Kier molecular flexibility index (Phi) is 8.21. The monoisotopic (exact) mass is 502 g/mol. The summed E-state index contributed by atoms with van der Waals surface area (Å²) >= 11 is 11.8. The van der Waals surface area contributed by atoms with Crippen molar-refractivity contribution in [2.24, 2.45) is 0 Å². The SMILES string of the molecule is COc1c(Cl)cccc1NC(=S)C1=C(NCc2ccncc2OC[C@H]2CCCO2)CCNC1=O. The highest BCUT2D eigenvalue weighted by Crippen LogP contribution is 2.33. The van der Waals surface area contributed by atoms with Crippen LogP contribution in [-0.4, -0.2) is 48.9 Å². The normalized spacial score (nSPS) is 17.8. The molecule has 34 heavy (non-hydrogen) atoms. The van der Waals surface area contributed by atoms with Gasteiger partial charge in [0.25, 0.3) is 5.91 Å². The van der Waals surface area contributed by atoms with Gasteiger partial charge < -0.3 is 30.2 Å². The minimum atomic E-state index is -0.239. The van der Waals surface area contributed by atoms with Crippen molar-refractivity contribution in [2.75, 3.05) is 32.2 Å². The van der Waals surface area contributed by atoms with E-state index in [9.17, 15) is 4.79 Å². The Morgan fingerprint density at radius 1 is 1.38 bits per heavy atom. The number of ether oxygens (including phenoxy) is 3. The second-order valence-corrected chi connectivity index (χ2v) is 8.73. The summed E-state index contributed by atoms with van der Waals surface area (Å²) in [6.45, 7) is 2.25. The van der Waals surface area contributed by atoms with Gasteiger partial charge in [-0.3, -0.25) is 9.78 Å². The number of carbonyl (C=O) groups excluding carboxylic acids is 1. The number of thiocarbonyl (C=S) groups is 1. The van der Waals surface area contributed by atoms with Gasteiger partial charge in [-0.25, -0.2) is 0 Å². The van der Waals surface area contributed by atoms with E-state index in [1.807, 2.05) is 6.07 Å². The molecule has 2 aliphatic rings. The van der Waals surface area contributed by atoms with Crippen LogP contribution in [0.25, 0.3) is 0 Å². The van der Waals surface area contributed by atoms with Crippen LogP contribution < -0.4 is 25.4 Å². The highest BCUT2D eigenvalue weighted by Gasteiger charge is 2.25. The molecule has 1 atom stereocenters. The Morgan fingerprint density at radius 3 is 3.06 bits per heavy atom. The van der Waals surface area contributed by atoms with E-state index in [0.717, 1.165) is 30.7 Å². The van der Waals surface area contributed by atoms with E-state index in [2.05, 4.69) is 20.9 Å². The first kappa shape index (κ1) is 24.3. The van der Waals surface area contributed by atoms with Gasteiger partial charge in [0.2, 0.25) is 0 Å². The predicted octanol–water partition coefficient (Wildman–Crippen LogP) is 3.60. The van der Waals surface area contributed by atoms with Crippen LogP contribution in [0.2, 0.25) is 5.02 Å². The summed E-state index contributed by atoms with van der Waals surface area (Å²) in [7, 11) is 1.53. The molecule has 0 aliphatic carbocycles. The lowest BCUT2D eigenvalue weighted by Gasteiger charge is -2.24. The lowest BCUT2D eigenvalue weighted by molar-refractivity contribution is -0.117. The van der Waals surface area contributed by atoms with Gasteiger partial charge in [0.15, 0.2) is 5.75 Å². The van der Waals surface area contributed by atoms with Crippen molar-refractivity contribution in [3.05, 3.63) is 58.5 Å². The van der Waals surface area contributed by atoms with E-state index in [1.54, 1.807) is 30.6 Å². The lowest BCUT2D eigenvalue weighted by Crippen LogP contribution is -2.39. The van der Waals surface area contributed by atoms with Crippen LogP contribution >= 0.6 is 23.8 Å². The molecule has 10 heteroatoms. The van der Waals surface area contributed by atoms with Gasteiger partial charge in [-0.1, -0.05) is 29.9 Å². The number of nitrogens with zero attached hydrogens (tertiary/aromatic N) is 1. The third kappa shape index (κ3) is 5.78. The molecule has 0 radical (unpaired) electrons. The molecule has 3 N–H and O–H groups in total. The number of nitrogens with one attached hydrogen (secondary N) is 3. The number of para-hydroxylation sites is 1. The summed E-state index contributed by atoms with van der Waals surface area (Å²) in [6.07, 6.45) is 6.21. The maximum absolute atomic E-state index is 12.7. The molecule has 2 aromatic rings. The zero-order valence-electron chi connectivity index (χ0n) is 18.9. The Hall–Kier alpha value is -2.88. The van der Waals surface area contributed by atoms with Crippen LogP contribution in [0.5, 0.6) is 11.5 Å². The molecule has 8 nitrogen and oxygen atoms in total. The summed E-state index contributed by atoms with van der Waals surface area (Å²) in [6, 6.07) is 7.20.